The second-order valence-corrected chi connectivity index (χ2v) is 14.0. The Hall–Kier alpha value is -2.18. The summed E-state index contributed by atoms with van der Waals surface area (Å²) in [4.78, 5) is 30.7. The number of carboxylic acids is 1. The molecule has 3 fully saturated rings. The van der Waals surface area contributed by atoms with Crippen molar-refractivity contribution in [1.29, 1.82) is 0 Å². The predicted octanol–water partition coefficient (Wildman–Crippen LogP) is 7.30. The van der Waals surface area contributed by atoms with Gasteiger partial charge in [-0.2, -0.15) is 0 Å². The molecule has 8 nitrogen and oxygen atoms in total. The van der Waals surface area contributed by atoms with Crippen molar-refractivity contribution in [2.24, 2.45) is 0 Å². The number of pyridine rings is 1. The molecule has 2 aliphatic carbocycles. The highest BCUT2D eigenvalue weighted by atomic mass is 79.9. The lowest BCUT2D eigenvalue weighted by Gasteiger charge is -2.35. The summed E-state index contributed by atoms with van der Waals surface area (Å²) in [6.45, 7) is 7.24. The summed E-state index contributed by atoms with van der Waals surface area (Å²) in [5.74, 6) is -1.74. The van der Waals surface area contributed by atoms with Gasteiger partial charge in [-0.15, -0.1) is 12.4 Å². The molecular formula is C33H43Br2ClFN5O3. The summed E-state index contributed by atoms with van der Waals surface area (Å²) >= 11 is 7.04. The number of hydrogen-bond donors (Lipinski definition) is 2. The Morgan fingerprint density at radius 3 is 2.31 bits per heavy atom. The summed E-state index contributed by atoms with van der Waals surface area (Å²) in [7, 11) is 2.21. The number of nitrogens with zero attached hydrogens (tertiary/aromatic N) is 4. The molecule has 12 heteroatoms. The van der Waals surface area contributed by atoms with E-state index < -0.39 is 17.2 Å². The van der Waals surface area contributed by atoms with Gasteiger partial charge >= 0.3 is 5.97 Å². The lowest BCUT2D eigenvalue weighted by molar-refractivity contribution is 0.0695. The van der Waals surface area contributed by atoms with Gasteiger partial charge in [0.2, 0.25) is 5.43 Å². The molecule has 6 rings (SSSR count). The van der Waals surface area contributed by atoms with Gasteiger partial charge in [0.25, 0.3) is 0 Å². The fourth-order valence-electron chi connectivity index (χ4n) is 6.40. The number of benzene rings is 2. The van der Waals surface area contributed by atoms with Crippen LogP contribution in [0.3, 0.4) is 0 Å². The first-order valence-electron chi connectivity index (χ1n) is 15.6. The maximum Gasteiger partial charge on any atom is 0.341 e. The van der Waals surface area contributed by atoms with Crippen molar-refractivity contribution < 1.29 is 14.3 Å². The Balaban J connectivity index is 0.000000214. The van der Waals surface area contributed by atoms with Crippen molar-refractivity contribution in [1.82, 2.24) is 14.4 Å². The lowest BCUT2D eigenvalue weighted by atomic mass is 9.94. The van der Waals surface area contributed by atoms with E-state index in [0.29, 0.717) is 11.2 Å². The standard InChI is InChI=1S/C19H22FN3O3.C14H20Br2N2.ClH/c1-2-21-5-7-22(8-6-21)17-10-16-13(9-15(17)20)18(24)14(19(25)26)11-23(16)12-3-4-12;1-18(12-5-3-2-4-6-12)9-10-7-11(15)8-13(16)14(10)17;/h9-12H,2-8H2,1H3,(H,25,26);7-8,12H,2-6,9,17H2,1H3;1H. The maximum absolute atomic E-state index is 14.8. The molecule has 1 saturated heterocycles. The number of anilines is 2. The minimum absolute atomic E-state index is 0. The van der Waals surface area contributed by atoms with E-state index in [9.17, 15) is 19.1 Å². The van der Waals surface area contributed by atoms with Crippen LogP contribution in [-0.4, -0.2) is 71.3 Å². The first-order valence-corrected chi connectivity index (χ1v) is 17.2. The number of nitrogens with two attached hydrogens (primary N) is 1. The molecule has 2 saturated carbocycles. The van der Waals surface area contributed by atoms with Crippen LogP contribution in [0.2, 0.25) is 0 Å². The van der Waals surface area contributed by atoms with Gasteiger partial charge in [0.15, 0.2) is 0 Å². The fourth-order valence-corrected chi connectivity index (χ4v) is 7.72. The monoisotopic (exact) mass is 769 g/mol. The number of piperazine rings is 1. The molecule has 0 amide bonds. The van der Waals surface area contributed by atoms with E-state index in [1.54, 1.807) is 6.07 Å². The van der Waals surface area contributed by atoms with E-state index in [1.807, 2.05) is 15.5 Å². The average molecular weight is 772 g/mol. The van der Waals surface area contributed by atoms with Gasteiger partial charge in [-0.3, -0.25) is 9.69 Å². The van der Waals surface area contributed by atoms with Gasteiger partial charge in [-0.05, 0) is 85.0 Å². The van der Waals surface area contributed by atoms with Crippen molar-refractivity contribution in [3.05, 3.63) is 66.6 Å². The SMILES string of the molecule is CCN1CCN(c2cc3c(cc2F)c(=O)c(C(=O)O)cn3C2CC2)CC1.CN(Cc1cc(Br)cc(Br)c1N)C1CCCCC1.Cl. The number of hydrogen-bond acceptors (Lipinski definition) is 6. The molecule has 3 N–H and O–H groups in total. The molecule has 0 bridgehead atoms. The van der Waals surface area contributed by atoms with E-state index in [4.69, 9.17) is 5.73 Å². The van der Waals surface area contributed by atoms with Crippen molar-refractivity contribution in [3.63, 3.8) is 0 Å². The Bertz CT molecular complexity index is 1570. The third-order valence-corrected chi connectivity index (χ3v) is 10.3. The van der Waals surface area contributed by atoms with Gasteiger partial charge in [-0.25, -0.2) is 9.18 Å². The smallest absolute Gasteiger partial charge is 0.341 e. The number of rotatable bonds is 7. The van der Waals surface area contributed by atoms with Gasteiger partial charge < -0.3 is 25.2 Å². The summed E-state index contributed by atoms with van der Waals surface area (Å²) < 4.78 is 18.7. The second kappa shape index (κ2) is 15.6. The highest BCUT2D eigenvalue weighted by molar-refractivity contribution is 9.11. The van der Waals surface area contributed by atoms with Crippen LogP contribution in [0.5, 0.6) is 0 Å². The Kier molecular flexibility index (Phi) is 12.4. The number of likely N-dealkylation sites (N-methyl/N-ethyl adjacent to an activating group) is 1. The van der Waals surface area contributed by atoms with Gasteiger partial charge in [0.05, 0.1) is 16.9 Å². The van der Waals surface area contributed by atoms with Gasteiger partial charge in [0, 0.05) is 65.3 Å². The highest BCUT2D eigenvalue weighted by Crippen LogP contribution is 2.38. The summed E-state index contributed by atoms with van der Waals surface area (Å²) in [6.07, 6.45) is 10.1. The molecule has 45 heavy (non-hydrogen) atoms. The number of aromatic carboxylic acids is 1. The summed E-state index contributed by atoms with van der Waals surface area (Å²) in [5.41, 5.74) is 8.39. The van der Waals surface area contributed by atoms with E-state index >= 15 is 0 Å². The topological polar surface area (TPSA) is 95.0 Å². The zero-order valence-electron chi connectivity index (χ0n) is 25.9. The number of aromatic nitrogens is 1. The van der Waals surface area contributed by atoms with Crippen LogP contribution in [0.4, 0.5) is 15.8 Å². The third kappa shape index (κ3) is 8.41. The van der Waals surface area contributed by atoms with Crippen molar-refractivity contribution >= 4 is 72.5 Å². The lowest BCUT2D eigenvalue weighted by Crippen LogP contribution is -2.46. The van der Waals surface area contributed by atoms with Crippen LogP contribution in [0.15, 0.2) is 44.2 Å². The van der Waals surface area contributed by atoms with Crippen LogP contribution in [-0.2, 0) is 6.54 Å². The molecule has 1 aliphatic heterocycles. The molecule has 0 spiro atoms. The zero-order chi connectivity index (χ0) is 31.5. The van der Waals surface area contributed by atoms with Crippen molar-refractivity contribution in [2.45, 2.75) is 70.5 Å². The Morgan fingerprint density at radius 2 is 1.71 bits per heavy atom. The van der Waals surface area contributed by atoms with Crippen molar-refractivity contribution in [2.75, 3.05) is 50.4 Å². The molecule has 0 atom stereocenters. The minimum atomic E-state index is -1.27. The molecule has 246 valence electrons. The van der Waals surface area contributed by atoms with E-state index in [2.05, 4.69) is 61.7 Å². The number of nitrogen functional groups attached to an aromatic ring is 1. The zero-order valence-corrected chi connectivity index (χ0v) is 29.9. The summed E-state index contributed by atoms with van der Waals surface area (Å²) in [6, 6.07) is 7.96. The molecule has 3 aromatic rings. The molecule has 1 aromatic heterocycles. The second-order valence-electron chi connectivity index (χ2n) is 12.2. The van der Waals surface area contributed by atoms with Crippen LogP contribution in [0.1, 0.15) is 73.8 Å². The molecule has 3 aliphatic rings. The fraction of sp³-hybridized carbons (Fsp3) is 0.515. The van der Waals surface area contributed by atoms with E-state index in [-0.39, 0.29) is 29.4 Å². The average Bonchev–Trinajstić information content (AvgIpc) is 3.86. The molecule has 2 heterocycles. The largest absolute Gasteiger partial charge is 0.477 e. The minimum Gasteiger partial charge on any atom is -0.477 e. The van der Waals surface area contributed by atoms with Crippen LogP contribution < -0.4 is 16.1 Å². The first-order chi connectivity index (χ1) is 21.1. The number of carboxylic acid groups (broad SMARTS) is 1. The molecule has 0 radical (unpaired) electrons. The Morgan fingerprint density at radius 1 is 1.04 bits per heavy atom. The molecular weight excluding hydrogens is 729 g/mol. The first kappa shape index (κ1) is 35.7. The van der Waals surface area contributed by atoms with E-state index in [1.165, 1.54) is 49.9 Å². The number of carbonyl (C=O) groups is 1. The quantitative estimate of drug-likeness (QED) is 0.244. The summed E-state index contributed by atoms with van der Waals surface area (Å²) in [5, 5.41) is 9.45. The van der Waals surface area contributed by atoms with Gasteiger partial charge in [-0.1, -0.05) is 42.1 Å². The van der Waals surface area contributed by atoms with Crippen molar-refractivity contribution in [3.8, 4) is 0 Å². The Labute approximate surface area is 287 Å². The number of halogens is 4. The predicted molar refractivity (Wildman–Crippen MR) is 190 cm³/mol. The molecule has 2 aromatic carbocycles. The van der Waals surface area contributed by atoms with Crippen LogP contribution >= 0.6 is 44.3 Å². The number of fused-ring (bicyclic) bond motifs is 1. The third-order valence-electron chi connectivity index (χ3n) is 9.23. The van der Waals surface area contributed by atoms with Gasteiger partial charge in [0.1, 0.15) is 11.4 Å². The van der Waals surface area contributed by atoms with Crippen LogP contribution in [0.25, 0.3) is 10.9 Å². The van der Waals surface area contributed by atoms with E-state index in [0.717, 1.165) is 72.8 Å². The maximum atomic E-state index is 14.8. The molecule has 0 unspecified atom stereocenters. The highest BCUT2D eigenvalue weighted by Gasteiger charge is 2.28. The van der Waals surface area contributed by atoms with Crippen LogP contribution in [0, 0.1) is 5.82 Å². The normalized spacial score (nSPS) is 17.6.